The van der Waals surface area contributed by atoms with Crippen LogP contribution in [0.2, 0.25) is 0 Å². The van der Waals surface area contributed by atoms with Crippen LogP contribution in [-0.2, 0) is 28.6 Å². The van der Waals surface area contributed by atoms with Crippen molar-refractivity contribution in [3.63, 3.8) is 0 Å². The van der Waals surface area contributed by atoms with E-state index in [-0.39, 0.29) is 42.7 Å². The maximum absolute atomic E-state index is 12.8. The van der Waals surface area contributed by atoms with Crippen LogP contribution in [0.15, 0.2) is 24.3 Å². The number of rotatable bonds is 45. The number of carboxylic acid groups (broad SMARTS) is 1. The Labute approximate surface area is 364 Å². The first-order valence-electron chi connectivity index (χ1n) is 24.9. The molecule has 0 heterocycles. The van der Waals surface area contributed by atoms with E-state index in [2.05, 4.69) is 38.2 Å². The van der Waals surface area contributed by atoms with Gasteiger partial charge in [0.15, 0.2) is 6.10 Å². The number of nitrogens with zero attached hydrogens (tertiary/aromatic N) is 1. The molecule has 0 saturated heterocycles. The average Bonchev–Trinajstić information content (AvgIpc) is 3.19. The Kier molecular flexibility index (Phi) is 40.9. The normalized spacial score (nSPS) is 13.0. The zero-order chi connectivity index (χ0) is 43.5. The molecule has 0 aliphatic heterocycles. The summed E-state index contributed by atoms with van der Waals surface area (Å²) in [5.41, 5.74) is 0. The van der Waals surface area contributed by atoms with Crippen molar-refractivity contribution < 1.29 is 38.2 Å². The van der Waals surface area contributed by atoms with E-state index in [1.54, 1.807) is 21.1 Å². The fraction of sp³-hybridized carbons (Fsp3) is 0.863. The van der Waals surface area contributed by atoms with E-state index in [1.165, 1.54) is 161 Å². The highest BCUT2D eigenvalue weighted by Gasteiger charge is 2.25. The van der Waals surface area contributed by atoms with Crippen molar-refractivity contribution in [3.8, 4) is 0 Å². The van der Waals surface area contributed by atoms with E-state index in [1.807, 2.05) is 0 Å². The number of ether oxygens (including phenoxy) is 3. The molecule has 0 spiro atoms. The van der Waals surface area contributed by atoms with Crippen LogP contribution >= 0.6 is 0 Å². The fourth-order valence-corrected chi connectivity index (χ4v) is 7.41. The fourth-order valence-electron chi connectivity index (χ4n) is 7.41. The highest BCUT2D eigenvalue weighted by atomic mass is 16.6. The van der Waals surface area contributed by atoms with Crippen molar-refractivity contribution in [1.82, 2.24) is 0 Å². The molecule has 0 rings (SSSR count). The Hall–Kier alpha value is -2.19. The van der Waals surface area contributed by atoms with Gasteiger partial charge in [0.2, 0.25) is 0 Å². The number of hydrogen-bond donors (Lipinski definition) is 0. The van der Waals surface area contributed by atoms with Crippen molar-refractivity contribution in [2.45, 2.75) is 244 Å². The van der Waals surface area contributed by atoms with Gasteiger partial charge >= 0.3 is 11.9 Å². The largest absolute Gasteiger partial charge is 0.544 e. The lowest BCUT2D eigenvalue weighted by Gasteiger charge is -2.34. The van der Waals surface area contributed by atoms with Crippen LogP contribution < -0.4 is 5.11 Å². The van der Waals surface area contributed by atoms with Crippen molar-refractivity contribution in [2.75, 3.05) is 41.0 Å². The molecule has 0 aliphatic carbocycles. The van der Waals surface area contributed by atoms with Crippen molar-refractivity contribution >= 4 is 17.9 Å². The van der Waals surface area contributed by atoms with Crippen LogP contribution in [0.25, 0.3) is 0 Å². The molecule has 0 radical (unpaired) electrons. The van der Waals surface area contributed by atoms with Gasteiger partial charge in [0.1, 0.15) is 12.6 Å². The summed E-state index contributed by atoms with van der Waals surface area (Å²) >= 11 is 0. The molecule has 8 heteroatoms. The van der Waals surface area contributed by atoms with Gasteiger partial charge in [-0.05, 0) is 64.2 Å². The molecule has 2 atom stereocenters. The number of hydrogen-bond acceptors (Lipinski definition) is 7. The highest BCUT2D eigenvalue weighted by Crippen LogP contribution is 2.15. The Bertz CT molecular complexity index is 1020. The number of carbonyl (C=O) groups is 3. The molecule has 0 fully saturated rings. The van der Waals surface area contributed by atoms with Gasteiger partial charge < -0.3 is 28.6 Å². The van der Waals surface area contributed by atoms with E-state index in [0.29, 0.717) is 12.8 Å². The van der Waals surface area contributed by atoms with E-state index < -0.39 is 18.1 Å². The molecule has 0 aromatic rings. The summed E-state index contributed by atoms with van der Waals surface area (Å²) in [6, 6.07) is -0.725. The SMILES string of the molecule is CCCCCCCC/C=C\CCCCCCCCCC(=O)OCC(COCCC(C(=O)[O-])[N+](C)(C)C)OC(=O)CCCCCCCCC/C=C\CCCCCCCCC. The maximum atomic E-state index is 12.8. The number of carbonyl (C=O) groups excluding carboxylic acids is 3. The summed E-state index contributed by atoms with van der Waals surface area (Å²) in [6.07, 6.45) is 47.7. The molecule has 0 aromatic carbocycles. The van der Waals surface area contributed by atoms with Gasteiger partial charge in [-0.1, -0.05) is 173 Å². The van der Waals surface area contributed by atoms with Crippen LogP contribution in [0, 0.1) is 0 Å². The van der Waals surface area contributed by atoms with Gasteiger partial charge in [-0.3, -0.25) is 9.59 Å². The molecule has 346 valence electrons. The topological polar surface area (TPSA) is 102 Å². The van der Waals surface area contributed by atoms with Crippen LogP contribution in [0.1, 0.15) is 232 Å². The van der Waals surface area contributed by atoms with Crippen LogP contribution in [0.4, 0.5) is 0 Å². The first kappa shape index (κ1) is 56.8. The molecular formula is C51H95NO7. The molecule has 59 heavy (non-hydrogen) atoms. The minimum absolute atomic E-state index is 0.0408. The van der Waals surface area contributed by atoms with Crippen molar-refractivity contribution in [1.29, 1.82) is 0 Å². The minimum Gasteiger partial charge on any atom is -0.544 e. The number of quaternary nitrogens is 1. The lowest BCUT2D eigenvalue weighted by Crippen LogP contribution is -2.55. The molecule has 0 aromatic heterocycles. The monoisotopic (exact) mass is 834 g/mol. The lowest BCUT2D eigenvalue weighted by molar-refractivity contribution is -0.889. The summed E-state index contributed by atoms with van der Waals surface area (Å²) in [4.78, 5) is 37.0. The Morgan fingerprint density at radius 3 is 1.22 bits per heavy atom. The molecule has 8 nitrogen and oxygen atoms in total. The second-order valence-electron chi connectivity index (χ2n) is 18.0. The number of unbranched alkanes of at least 4 members (excludes halogenated alkanes) is 27. The molecule has 0 bridgehead atoms. The average molecular weight is 834 g/mol. The van der Waals surface area contributed by atoms with Gasteiger partial charge in [0, 0.05) is 19.3 Å². The molecule has 0 aliphatic rings. The summed E-state index contributed by atoms with van der Waals surface area (Å²) in [5.74, 6) is -1.73. The van der Waals surface area contributed by atoms with E-state index in [0.717, 1.165) is 38.5 Å². The number of aliphatic carboxylic acids is 1. The first-order valence-corrected chi connectivity index (χ1v) is 24.9. The molecule has 0 amide bonds. The van der Waals surface area contributed by atoms with Gasteiger partial charge in [-0.2, -0.15) is 0 Å². The van der Waals surface area contributed by atoms with Crippen molar-refractivity contribution in [2.24, 2.45) is 0 Å². The summed E-state index contributed by atoms with van der Waals surface area (Å²) in [6.45, 7) is 4.68. The summed E-state index contributed by atoms with van der Waals surface area (Å²) in [7, 11) is 5.42. The predicted molar refractivity (Wildman–Crippen MR) is 245 cm³/mol. The minimum atomic E-state index is -1.12. The quantitative estimate of drug-likeness (QED) is 0.0260. The standard InChI is InChI=1S/C51H95NO7/c1-6-8-10-12-14-16-18-20-22-24-26-28-30-32-34-36-38-40-42-50(54)59-47(45-57-44-43-48(51(55)56)52(3,4)5)46-58-49(53)41-39-37-35-33-31-29-27-25-23-21-19-17-15-13-11-9-7-2/h21-24,47-48H,6-20,25-46H2,1-5H3/b23-21-,24-22-. The van der Waals surface area contributed by atoms with E-state index >= 15 is 0 Å². The van der Waals surface area contributed by atoms with Gasteiger partial charge in [0.25, 0.3) is 0 Å². The number of likely N-dealkylation sites (N-methyl/N-ethyl adjacent to an activating group) is 1. The third-order valence-electron chi connectivity index (χ3n) is 11.3. The Balaban J connectivity index is 4.27. The second-order valence-corrected chi connectivity index (χ2v) is 18.0. The summed E-state index contributed by atoms with van der Waals surface area (Å²) in [5, 5.41) is 11.6. The first-order chi connectivity index (χ1) is 28.6. The maximum Gasteiger partial charge on any atom is 0.306 e. The van der Waals surface area contributed by atoms with Gasteiger partial charge in [-0.15, -0.1) is 0 Å². The molecule has 0 N–H and O–H groups in total. The second kappa shape index (κ2) is 42.5. The molecular weight excluding hydrogens is 739 g/mol. The smallest absolute Gasteiger partial charge is 0.306 e. The number of esters is 2. The third kappa shape index (κ3) is 41.0. The van der Waals surface area contributed by atoms with E-state index in [9.17, 15) is 19.5 Å². The van der Waals surface area contributed by atoms with Crippen LogP contribution in [0.3, 0.4) is 0 Å². The predicted octanol–water partition coefficient (Wildman–Crippen LogP) is 12.7. The highest BCUT2D eigenvalue weighted by molar-refractivity contribution is 5.70. The zero-order valence-electron chi connectivity index (χ0n) is 39.4. The van der Waals surface area contributed by atoms with E-state index in [4.69, 9.17) is 14.2 Å². The molecule has 0 saturated carbocycles. The Morgan fingerprint density at radius 1 is 0.492 bits per heavy atom. The summed E-state index contributed by atoms with van der Waals surface area (Å²) < 4.78 is 17.2. The molecule has 2 unspecified atom stereocenters. The third-order valence-corrected chi connectivity index (χ3v) is 11.3. The number of carboxylic acids is 1. The van der Waals surface area contributed by atoms with Crippen LogP contribution in [0.5, 0.6) is 0 Å². The zero-order valence-corrected chi connectivity index (χ0v) is 39.4. The Morgan fingerprint density at radius 2 is 0.847 bits per heavy atom. The van der Waals surface area contributed by atoms with Crippen molar-refractivity contribution in [3.05, 3.63) is 24.3 Å². The van der Waals surface area contributed by atoms with Gasteiger partial charge in [-0.25, -0.2) is 0 Å². The van der Waals surface area contributed by atoms with Crippen LogP contribution in [-0.4, -0.2) is 75.5 Å². The lowest BCUT2D eigenvalue weighted by atomic mass is 10.1. The number of allylic oxidation sites excluding steroid dienone is 4. The van der Waals surface area contributed by atoms with Gasteiger partial charge in [0.05, 0.1) is 40.3 Å².